The van der Waals surface area contributed by atoms with Crippen molar-refractivity contribution in [2.75, 3.05) is 0 Å². The van der Waals surface area contributed by atoms with E-state index in [9.17, 15) is 0 Å². The number of hydrogen-bond acceptors (Lipinski definition) is 2. The van der Waals surface area contributed by atoms with E-state index in [-0.39, 0.29) is 0 Å². The van der Waals surface area contributed by atoms with Crippen LogP contribution in [0, 0.1) is 5.92 Å². The van der Waals surface area contributed by atoms with E-state index >= 15 is 0 Å². The topological polar surface area (TPSA) is 24.7 Å². The molecule has 0 saturated heterocycles. The van der Waals surface area contributed by atoms with E-state index < -0.39 is 0 Å². The second-order valence-electron chi connectivity index (χ2n) is 3.82. The van der Waals surface area contributed by atoms with Crippen molar-refractivity contribution < 1.29 is 0 Å². The van der Waals surface area contributed by atoms with Gasteiger partial charge in [-0.05, 0) is 39.5 Å². The van der Waals surface area contributed by atoms with Crippen LogP contribution in [0.1, 0.15) is 47.5 Å². The van der Waals surface area contributed by atoms with Gasteiger partial charge in [-0.3, -0.25) is 0 Å². The molecule has 0 bridgehead atoms. The van der Waals surface area contributed by atoms with Crippen LogP contribution in [-0.4, -0.2) is 11.4 Å². The first-order chi connectivity index (χ1) is 5.52. The van der Waals surface area contributed by atoms with Crippen molar-refractivity contribution in [2.45, 2.75) is 47.5 Å². The van der Waals surface area contributed by atoms with Gasteiger partial charge in [0.1, 0.15) is 0 Å². The highest BCUT2D eigenvalue weighted by atomic mass is 15.2. The summed E-state index contributed by atoms with van der Waals surface area (Å²) >= 11 is 0. The number of nitrogens with zero attached hydrogens (tertiary/aromatic N) is 2. The van der Waals surface area contributed by atoms with Gasteiger partial charge >= 0.3 is 0 Å². The molecule has 0 atom stereocenters. The minimum absolute atomic E-state index is 0.752. The standard InChI is InChI=1S/C10H20N2/c1-8(2)6-7-10(5)12-11-9(3)4/h8H,6-7H2,1-5H3/b12-10+. The summed E-state index contributed by atoms with van der Waals surface area (Å²) in [4.78, 5) is 0. The summed E-state index contributed by atoms with van der Waals surface area (Å²) in [6.07, 6.45) is 2.27. The summed E-state index contributed by atoms with van der Waals surface area (Å²) in [5.74, 6) is 0.752. The summed E-state index contributed by atoms with van der Waals surface area (Å²) in [6.45, 7) is 10.4. The third-order valence-corrected chi connectivity index (χ3v) is 1.50. The Bertz CT molecular complexity index is 174. The lowest BCUT2D eigenvalue weighted by Crippen LogP contribution is -1.95. The summed E-state index contributed by atoms with van der Waals surface area (Å²) in [5.41, 5.74) is 2.14. The molecule has 0 saturated carbocycles. The van der Waals surface area contributed by atoms with Crippen LogP contribution in [-0.2, 0) is 0 Å². The summed E-state index contributed by atoms with van der Waals surface area (Å²) in [5, 5.41) is 8.11. The second kappa shape index (κ2) is 5.92. The van der Waals surface area contributed by atoms with E-state index in [0.717, 1.165) is 23.8 Å². The molecule has 0 aromatic carbocycles. The molecule has 2 heteroatoms. The first-order valence-electron chi connectivity index (χ1n) is 4.56. The smallest absolute Gasteiger partial charge is 0.0375 e. The average Bonchev–Trinajstić information content (AvgIpc) is 1.96. The SMILES string of the molecule is CC(C)=N/N=C(\C)CCC(C)C. The third-order valence-electron chi connectivity index (χ3n) is 1.50. The van der Waals surface area contributed by atoms with Crippen LogP contribution < -0.4 is 0 Å². The molecule has 0 aliphatic carbocycles. The predicted octanol–water partition coefficient (Wildman–Crippen LogP) is 3.28. The van der Waals surface area contributed by atoms with Crippen molar-refractivity contribution in [1.82, 2.24) is 0 Å². The Morgan fingerprint density at radius 2 is 1.67 bits per heavy atom. The van der Waals surface area contributed by atoms with E-state index in [4.69, 9.17) is 0 Å². The van der Waals surface area contributed by atoms with Gasteiger partial charge in [-0.25, -0.2) is 0 Å². The maximum atomic E-state index is 4.10. The Hall–Kier alpha value is -0.660. The summed E-state index contributed by atoms with van der Waals surface area (Å²) in [6, 6.07) is 0. The normalized spacial score (nSPS) is 12.0. The lowest BCUT2D eigenvalue weighted by Gasteiger charge is -2.01. The van der Waals surface area contributed by atoms with Gasteiger partial charge in [0.05, 0.1) is 0 Å². The van der Waals surface area contributed by atoms with Crippen LogP contribution in [0.25, 0.3) is 0 Å². The van der Waals surface area contributed by atoms with E-state index in [2.05, 4.69) is 24.1 Å². The first kappa shape index (κ1) is 11.3. The van der Waals surface area contributed by atoms with E-state index in [1.54, 1.807) is 0 Å². The summed E-state index contributed by atoms with van der Waals surface area (Å²) < 4.78 is 0. The van der Waals surface area contributed by atoms with Gasteiger partial charge in [-0.1, -0.05) is 13.8 Å². The quantitative estimate of drug-likeness (QED) is 0.454. The zero-order valence-corrected chi connectivity index (χ0v) is 8.89. The molecular weight excluding hydrogens is 148 g/mol. The third kappa shape index (κ3) is 7.45. The molecule has 0 aliphatic rings. The minimum atomic E-state index is 0.752. The molecule has 0 fully saturated rings. The average molecular weight is 168 g/mol. The highest BCUT2D eigenvalue weighted by Gasteiger charge is 1.95. The molecule has 0 heterocycles. The highest BCUT2D eigenvalue weighted by molar-refractivity contribution is 5.84. The monoisotopic (exact) mass is 168 g/mol. The molecule has 2 nitrogen and oxygen atoms in total. The maximum Gasteiger partial charge on any atom is 0.0375 e. The fourth-order valence-electron chi connectivity index (χ4n) is 0.733. The number of hydrogen-bond donors (Lipinski definition) is 0. The molecule has 12 heavy (non-hydrogen) atoms. The van der Waals surface area contributed by atoms with Crippen LogP contribution in [0.15, 0.2) is 10.2 Å². The Balaban J connectivity index is 3.79. The fourth-order valence-corrected chi connectivity index (χ4v) is 0.733. The zero-order chi connectivity index (χ0) is 9.56. The van der Waals surface area contributed by atoms with Crippen LogP contribution >= 0.6 is 0 Å². The van der Waals surface area contributed by atoms with Gasteiger partial charge < -0.3 is 0 Å². The molecule has 0 aromatic heterocycles. The molecular formula is C10H20N2. The van der Waals surface area contributed by atoms with E-state index in [1.165, 1.54) is 6.42 Å². The Kier molecular flexibility index (Phi) is 5.60. The first-order valence-corrected chi connectivity index (χ1v) is 4.56. The molecule has 0 rings (SSSR count). The van der Waals surface area contributed by atoms with Crippen LogP contribution in [0.3, 0.4) is 0 Å². The van der Waals surface area contributed by atoms with Gasteiger partial charge in [0.2, 0.25) is 0 Å². The Morgan fingerprint density at radius 1 is 1.08 bits per heavy atom. The minimum Gasteiger partial charge on any atom is -0.161 e. The summed E-state index contributed by atoms with van der Waals surface area (Å²) in [7, 11) is 0. The Morgan fingerprint density at radius 3 is 2.08 bits per heavy atom. The fraction of sp³-hybridized carbons (Fsp3) is 0.800. The highest BCUT2D eigenvalue weighted by Crippen LogP contribution is 2.04. The molecule has 0 aromatic rings. The van der Waals surface area contributed by atoms with Crippen LogP contribution in [0.2, 0.25) is 0 Å². The van der Waals surface area contributed by atoms with Crippen molar-refractivity contribution in [2.24, 2.45) is 16.1 Å². The predicted molar refractivity (Wildman–Crippen MR) is 56.0 cm³/mol. The van der Waals surface area contributed by atoms with E-state index in [1.807, 2.05) is 20.8 Å². The van der Waals surface area contributed by atoms with E-state index in [0.29, 0.717) is 0 Å². The van der Waals surface area contributed by atoms with Crippen molar-refractivity contribution in [3.8, 4) is 0 Å². The van der Waals surface area contributed by atoms with Gasteiger partial charge in [0.15, 0.2) is 0 Å². The van der Waals surface area contributed by atoms with Gasteiger partial charge in [0, 0.05) is 11.4 Å². The lowest BCUT2D eigenvalue weighted by molar-refractivity contribution is 0.602. The van der Waals surface area contributed by atoms with Crippen molar-refractivity contribution >= 4 is 11.4 Å². The molecule has 0 spiro atoms. The lowest BCUT2D eigenvalue weighted by atomic mass is 10.1. The largest absolute Gasteiger partial charge is 0.161 e. The second-order valence-corrected chi connectivity index (χ2v) is 3.82. The Labute approximate surface area is 75.8 Å². The molecule has 0 aliphatic heterocycles. The zero-order valence-electron chi connectivity index (χ0n) is 8.89. The number of rotatable bonds is 4. The molecule has 0 radical (unpaired) electrons. The van der Waals surface area contributed by atoms with Crippen molar-refractivity contribution in [1.29, 1.82) is 0 Å². The maximum absolute atomic E-state index is 4.10. The molecule has 70 valence electrons. The molecule has 0 amide bonds. The van der Waals surface area contributed by atoms with Gasteiger partial charge in [-0.2, -0.15) is 10.2 Å². The van der Waals surface area contributed by atoms with Crippen LogP contribution in [0.5, 0.6) is 0 Å². The van der Waals surface area contributed by atoms with Crippen LogP contribution in [0.4, 0.5) is 0 Å². The van der Waals surface area contributed by atoms with Crippen molar-refractivity contribution in [3.05, 3.63) is 0 Å². The van der Waals surface area contributed by atoms with Gasteiger partial charge in [0.25, 0.3) is 0 Å². The molecule has 0 N–H and O–H groups in total. The van der Waals surface area contributed by atoms with Gasteiger partial charge in [-0.15, -0.1) is 0 Å². The van der Waals surface area contributed by atoms with Crippen molar-refractivity contribution in [3.63, 3.8) is 0 Å². The molecule has 0 unspecified atom stereocenters.